The zero-order valence-electron chi connectivity index (χ0n) is 10.8. The van der Waals surface area contributed by atoms with Gasteiger partial charge in [0.1, 0.15) is 0 Å². The lowest BCUT2D eigenvalue weighted by Gasteiger charge is -2.17. The van der Waals surface area contributed by atoms with Gasteiger partial charge in [0, 0.05) is 24.8 Å². The van der Waals surface area contributed by atoms with Crippen LogP contribution in [0.3, 0.4) is 0 Å². The molecule has 0 aromatic heterocycles. The van der Waals surface area contributed by atoms with E-state index in [-0.39, 0.29) is 11.9 Å². The number of nitrogens with zero attached hydrogens (tertiary/aromatic N) is 1. The monoisotopic (exact) mass is 284 g/mol. The van der Waals surface area contributed by atoms with E-state index in [4.69, 9.17) is 0 Å². The third kappa shape index (κ3) is 3.31. The summed E-state index contributed by atoms with van der Waals surface area (Å²) in [5.74, 6) is -0.154. The van der Waals surface area contributed by atoms with Gasteiger partial charge < -0.3 is 10.2 Å². The average Bonchev–Trinajstić information content (AvgIpc) is 2.85. The van der Waals surface area contributed by atoms with Gasteiger partial charge in [0.2, 0.25) is 5.91 Å². The van der Waals surface area contributed by atoms with Crippen LogP contribution in [0, 0.1) is 0 Å². The van der Waals surface area contributed by atoms with Crippen LogP contribution in [0.5, 0.6) is 0 Å². The van der Waals surface area contributed by atoms with Crippen LogP contribution in [-0.2, 0) is 11.0 Å². The van der Waals surface area contributed by atoms with Crippen LogP contribution in [0.4, 0.5) is 18.9 Å². The van der Waals surface area contributed by atoms with Crippen LogP contribution < -0.4 is 5.32 Å². The number of anilines is 1. The van der Waals surface area contributed by atoms with E-state index >= 15 is 0 Å². The highest BCUT2D eigenvalue weighted by Gasteiger charge is 2.31. The predicted octanol–water partition coefficient (Wildman–Crippen LogP) is 2.90. The first-order valence-electron chi connectivity index (χ1n) is 6.25. The zero-order valence-corrected chi connectivity index (χ0v) is 10.8. The molecule has 0 aliphatic carbocycles. The van der Waals surface area contributed by atoms with Gasteiger partial charge in [0.15, 0.2) is 0 Å². The molecule has 0 radical (unpaired) electrons. The van der Waals surface area contributed by atoms with E-state index in [1.54, 1.807) is 11.0 Å². The van der Waals surface area contributed by atoms with Crippen molar-refractivity contribution in [2.45, 2.75) is 18.6 Å². The number of likely N-dealkylation sites (tertiary alicyclic amines) is 1. The normalized spacial score (nSPS) is 18.9. The number of carbonyl (C=O) groups is 1. The molecule has 1 atom stereocenters. The van der Waals surface area contributed by atoms with Gasteiger partial charge in [-0.2, -0.15) is 13.2 Å². The van der Waals surface area contributed by atoms with E-state index in [1.807, 2.05) is 0 Å². The maximum Gasteiger partial charge on any atom is 0.416 e. The molecule has 1 saturated heterocycles. The molecule has 1 fully saturated rings. The topological polar surface area (TPSA) is 32.3 Å². The molecule has 1 heterocycles. The first kappa shape index (κ1) is 14.4. The van der Waals surface area contributed by atoms with Gasteiger partial charge in [-0.15, -0.1) is 0 Å². The van der Waals surface area contributed by atoms with Crippen LogP contribution in [-0.4, -0.2) is 29.9 Å². The van der Waals surface area contributed by atoms with Crippen molar-refractivity contribution in [2.75, 3.05) is 18.4 Å². The summed E-state index contributed by atoms with van der Waals surface area (Å²) < 4.78 is 37.8. The van der Waals surface area contributed by atoms with E-state index in [9.17, 15) is 18.0 Å². The Labute approximate surface area is 115 Å². The molecule has 6 heteroatoms. The molecule has 0 saturated carbocycles. The SMILES string of the molecule is C=CC(=O)N1CC[C@H](Nc2cccc(C(F)(F)F)c2)C1. The average molecular weight is 284 g/mol. The summed E-state index contributed by atoms with van der Waals surface area (Å²) in [7, 11) is 0. The lowest BCUT2D eigenvalue weighted by atomic mass is 10.1. The third-order valence-electron chi connectivity index (χ3n) is 3.24. The molecule has 20 heavy (non-hydrogen) atoms. The summed E-state index contributed by atoms with van der Waals surface area (Å²) in [6.45, 7) is 4.47. The fourth-order valence-electron chi connectivity index (χ4n) is 2.23. The number of carbonyl (C=O) groups excluding carboxylic acids is 1. The second kappa shape index (κ2) is 5.56. The molecular weight excluding hydrogens is 269 g/mol. The van der Waals surface area contributed by atoms with Crippen molar-refractivity contribution in [1.29, 1.82) is 0 Å². The van der Waals surface area contributed by atoms with Gasteiger partial charge in [-0.3, -0.25) is 4.79 Å². The van der Waals surface area contributed by atoms with Crippen molar-refractivity contribution in [3.8, 4) is 0 Å². The summed E-state index contributed by atoms with van der Waals surface area (Å²) in [4.78, 5) is 13.1. The van der Waals surface area contributed by atoms with Gasteiger partial charge in [-0.05, 0) is 30.7 Å². The Balaban J connectivity index is 2.01. The van der Waals surface area contributed by atoms with Crippen molar-refractivity contribution >= 4 is 11.6 Å². The minimum absolute atomic E-state index is 0.0395. The van der Waals surface area contributed by atoms with Crippen LogP contribution in [0.2, 0.25) is 0 Å². The van der Waals surface area contributed by atoms with Gasteiger partial charge in [-0.25, -0.2) is 0 Å². The Hall–Kier alpha value is -1.98. The summed E-state index contributed by atoms with van der Waals surface area (Å²) in [5.41, 5.74) is -0.266. The number of alkyl halides is 3. The number of benzene rings is 1. The molecule has 1 aliphatic rings. The van der Waals surface area contributed by atoms with Gasteiger partial charge in [0.25, 0.3) is 0 Å². The Morgan fingerprint density at radius 3 is 2.85 bits per heavy atom. The summed E-state index contributed by atoms with van der Waals surface area (Å²) in [5, 5.41) is 3.03. The molecule has 1 amide bonds. The maximum absolute atomic E-state index is 12.6. The number of halogens is 3. The van der Waals surface area contributed by atoms with Crippen LogP contribution in [0.15, 0.2) is 36.9 Å². The largest absolute Gasteiger partial charge is 0.416 e. The lowest BCUT2D eigenvalue weighted by molar-refractivity contribution is -0.137. The van der Waals surface area contributed by atoms with E-state index < -0.39 is 11.7 Å². The molecule has 108 valence electrons. The van der Waals surface area contributed by atoms with Crippen LogP contribution in [0.1, 0.15) is 12.0 Å². The fraction of sp³-hybridized carbons (Fsp3) is 0.357. The third-order valence-corrected chi connectivity index (χ3v) is 3.24. The number of amides is 1. The zero-order chi connectivity index (χ0) is 14.8. The molecule has 0 spiro atoms. The fourth-order valence-corrected chi connectivity index (χ4v) is 2.23. The second-order valence-electron chi connectivity index (χ2n) is 4.70. The van der Waals surface area contributed by atoms with Crippen molar-refractivity contribution in [3.63, 3.8) is 0 Å². The van der Waals surface area contributed by atoms with Crippen LogP contribution in [0.25, 0.3) is 0 Å². The van der Waals surface area contributed by atoms with Crippen molar-refractivity contribution in [3.05, 3.63) is 42.5 Å². The number of rotatable bonds is 3. The number of hydrogen-bond acceptors (Lipinski definition) is 2. The minimum Gasteiger partial charge on any atom is -0.380 e. The van der Waals surface area contributed by atoms with E-state index in [1.165, 1.54) is 12.1 Å². The Morgan fingerprint density at radius 2 is 2.20 bits per heavy atom. The van der Waals surface area contributed by atoms with Crippen molar-refractivity contribution in [2.24, 2.45) is 0 Å². The number of hydrogen-bond donors (Lipinski definition) is 1. The number of nitrogens with one attached hydrogen (secondary N) is 1. The Morgan fingerprint density at radius 1 is 1.45 bits per heavy atom. The quantitative estimate of drug-likeness (QED) is 0.866. The highest BCUT2D eigenvalue weighted by Crippen LogP contribution is 2.31. The Bertz CT molecular complexity index is 513. The first-order valence-corrected chi connectivity index (χ1v) is 6.25. The predicted molar refractivity (Wildman–Crippen MR) is 70.2 cm³/mol. The van der Waals surface area contributed by atoms with Gasteiger partial charge in [0.05, 0.1) is 5.56 Å². The van der Waals surface area contributed by atoms with Crippen molar-refractivity contribution < 1.29 is 18.0 Å². The highest BCUT2D eigenvalue weighted by atomic mass is 19.4. The lowest BCUT2D eigenvalue weighted by Crippen LogP contribution is -2.30. The van der Waals surface area contributed by atoms with Crippen molar-refractivity contribution in [1.82, 2.24) is 4.90 Å². The van der Waals surface area contributed by atoms with Crippen LogP contribution >= 0.6 is 0 Å². The molecule has 1 N–H and O–H groups in total. The van der Waals surface area contributed by atoms with Gasteiger partial charge in [-0.1, -0.05) is 12.6 Å². The minimum atomic E-state index is -4.35. The second-order valence-corrected chi connectivity index (χ2v) is 4.70. The summed E-state index contributed by atoms with van der Waals surface area (Å²) >= 11 is 0. The molecule has 2 rings (SSSR count). The highest BCUT2D eigenvalue weighted by molar-refractivity contribution is 5.87. The molecule has 1 aliphatic heterocycles. The smallest absolute Gasteiger partial charge is 0.380 e. The summed E-state index contributed by atoms with van der Waals surface area (Å²) in [6, 6.07) is 5.04. The van der Waals surface area contributed by atoms with E-state index in [0.717, 1.165) is 12.1 Å². The maximum atomic E-state index is 12.6. The molecule has 0 unspecified atom stereocenters. The molecule has 3 nitrogen and oxygen atoms in total. The summed E-state index contributed by atoms with van der Waals surface area (Å²) in [6.07, 6.45) is -2.40. The molecule has 1 aromatic carbocycles. The standard InChI is InChI=1S/C14H15F3N2O/c1-2-13(20)19-7-6-12(9-19)18-11-5-3-4-10(8-11)14(15,16)17/h2-5,8,12,18H,1,6-7,9H2/t12-/m0/s1. The van der Waals surface area contributed by atoms with Gasteiger partial charge >= 0.3 is 6.18 Å². The van der Waals surface area contributed by atoms with E-state index in [2.05, 4.69) is 11.9 Å². The van der Waals surface area contributed by atoms with E-state index in [0.29, 0.717) is 25.2 Å². The Kier molecular flexibility index (Phi) is 4.01. The first-order chi connectivity index (χ1) is 9.40. The molecule has 1 aromatic rings. The molecule has 0 bridgehead atoms. The molecular formula is C14H15F3N2O.